The van der Waals surface area contributed by atoms with Gasteiger partial charge in [-0.1, -0.05) is 12.1 Å². The molecule has 3 N–H and O–H groups in total. The van der Waals surface area contributed by atoms with E-state index in [1.807, 2.05) is 5.43 Å². The van der Waals surface area contributed by atoms with Crippen LogP contribution in [-0.4, -0.2) is 9.97 Å². The van der Waals surface area contributed by atoms with Crippen molar-refractivity contribution in [1.82, 2.24) is 9.97 Å². The van der Waals surface area contributed by atoms with Gasteiger partial charge >= 0.3 is 6.18 Å². The molecule has 0 amide bonds. The number of nitrogens with zero attached hydrogens (tertiary/aromatic N) is 2. The monoisotopic (exact) mass is 348 g/mol. The molecule has 0 bridgehead atoms. The number of ether oxygens (including phenoxy) is 1. The van der Waals surface area contributed by atoms with Crippen molar-refractivity contribution < 1.29 is 17.9 Å². The molecule has 0 aliphatic carbocycles. The molecule has 20 heavy (non-hydrogen) atoms. The zero-order chi connectivity index (χ0) is 14.8. The summed E-state index contributed by atoms with van der Waals surface area (Å²) in [5.74, 6) is 3.59. The number of hydrogen-bond acceptors (Lipinski definition) is 5. The van der Waals surface area contributed by atoms with Crippen molar-refractivity contribution >= 4 is 21.7 Å². The van der Waals surface area contributed by atoms with Gasteiger partial charge in [-0.2, -0.15) is 18.2 Å². The average Bonchev–Trinajstić information content (AvgIpc) is 2.40. The summed E-state index contributed by atoms with van der Waals surface area (Å²) in [5.41, 5.74) is 2.04. The maximum absolute atomic E-state index is 12.6. The molecule has 2 rings (SSSR count). The molecule has 0 fully saturated rings. The van der Waals surface area contributed by atoms with E-state index >= 15 is 0 Å². The first-order valence-electron chi connectivity index (χ1n) is 5.25. The van der Waals surface area contributed by atoms with E-state index in [2.05, 4.69) is 25.9 Å². The molecule has 2 aromatic rings. The highest BCUT2D eigenvalue weighted by Gasteiger charge is 2.35. The molecule has 1 aromatic carbocycles. The minimum atomic E-state index is -4.70. The van der Waals surface area contributed by atoms with Crippen LogP contribution in [0, 0.1) is 0 Å². The second kappa shape index (κ2) is 5.63. The van der Waals surface area contributed by atoms with Gasteiger partial charge < -0.3 is 10.2 Å². The molecular weight excluding hydrogens is 341 g/mol. The number of alkyl halides is 3. The Bertz CT molecular complexity index is 621. The van der Waals surface area contributed by atoms with Crippen molar-refractivity contribution in [2.75, 3.05) is 5.43 Å². The number of hydrazine groups is 1. The topological polar surface area (TPSA) is 73.1 Å². The van der Waals surface area contributed by atoms with Gasteiger partial charge in [0.2, 0.25) is 11.7 Å². The average molecular weight is 349 g/mol. The summed E-state index contributed by atoms with van der Waals surface area (Å²) in [6, 6.07) is 7.84. The van der Waals surface area contributed by atoms with Crippen LogP contribution in [0.15, 0.2) is 34.8 Å². The van der Waals surface area contributed by atoms with Gasteiger partial charge in [-0.25, -0.2) is 10.8 Å². The van der Waals surface area contributed by atoms with E-state index < -0.39 is 12.0 Å². The smallest absolute Gasteiger partial charge is 0.438 e. The molecule has 0 atom stereocenters. The van der Waals surface area contributed by atoms with E-state index in [-0.39, 0.29) is 11.7 Å². The van der Waals surface area contributed by atoms with Crippen molar-refractivity contribution in [3.05, 3.63) is 40.6 Å². The highest BCUT2D eigenvalue weighted by Crippen LogP contribution is 2.32. The number of nitrogens with two attached hydrogens (primary N) is 1. The quantitative estimate of drug-likeness (QED) is 0.657. The SMILES string of the molecule is NNc1cc(Oc2ccccc2Br)nc(C(F)(F)F)n1. The molecule has 106 valence electrons. The summed E-state index contributed by atoms with van der Waals surface area (Å²) in [7, 11) is 0. The van der Waals surface area contributed by atoms with Crippen molar-refractivity contribution in [2.45, 2.75) is 6.18 Å². The van der Waals surface area contributed by atoms with Crippen LogP contribution in [0.25, 0.3) is 0 Å². The Morgan fingerprint density at radius 3 is 2.50 bits per heavy atom. The van der Waals surface area contributed by atoms with Gasteiger partial charge in [-0.05, 0) is 28.1 Å². The number of nitrogen functional groups attached to an aromatic ring is 1. The standard InChI is InChI=1S/C11H8BrF3N4O/c12-6-3-1-2-4-7(6)20-9-5-8(19-16)17-10(18-9)11(13,14)15/h1-5H,16H2,(H,17,18,19). The first-order valence-corrected chi connectivity index (χ1v) is 6.04. The third-order valence-corrected chi connectivity index (χ3v) is 2.81. The van der Waals surface area contributed by atoms with Crippen molar-refractivity contribution in [3.63, 3.8) is 0 Å². The predicted octanol–water partition coefficient (Wildman–Crippen LogP) is 3.34. The number of benzene rings is 1. The maximum Gasteiger partial charge on any atom is 0.451 e. The molecule has 0 radical (unpaired) electrons. The van der Waals surface area contributed by atoms with E-state index in [1.54, 1.807) is 24.3 Å². The molecule has 0 saturated heterocycles. The van der Waals surface area contributed by atoms with E-state index in [4.69, 9.17) is 10.6 Å². The number of rotatable bonds is 3. The summed E-state index contributed by atoms with van der Waals surface area (Å²) >= 11 is 3.22. The highest BCUT2D eigenvalue weighted by molar-refractivity contribution is 9.10. The molecule has 5 nitrogen and oxygen atoms in total. The Kier molecular flexibility index (Phi) is 4.09. The first kappa shape index (κ1) is 14.5. The maximum atomic E-state index is 12.6. The Morgan fingerprint density at radius 2 is 1.90 bits per heavy atom. The fraction of sp³-hybridized carbons (Fsp3) is 0.0909. The Balaban J connectivity index is 2.39. The van der Waals surface area contributed by atoms with Crippen LogP contribution >= 0.6 is 15.9 Å². The molecule has 0 aliphatic rings. The molecular formula is C11H8BrF3N4O. The number of hydrogen-bond donors (Lipinski definition) is 2. The summed E-state index contributed by atoms with van der Waals surface area (Å²) in [4.78, 5) is 6.54. The number of halogens is 4. The third-order valence-electron chi connectivity index (χ3n) is 2.16. The molecule has 0 aliphatic heterocycles. The van der Waals surface area contributed by atoms with Crippen LogP contribution in [0.2, 0.25) is 0 Å². The number of anilines is 1. The van der Waals surface area contributed by atoms with Crippen LogP contribution in [0.3, 0.4) is 0 Å². The zero-order valence-electron chi connectivity index (χ0n) is 9.78. The Labute approximate surface area is 120 Å². The van der Waals surface area contributed by atoms with E-state index in [1.165, 1.54) is 0 Å². The molecule has 9 heteroatoms. The summed E-state index contributed by atoms with van der Waals surface area (Å²) in [6.07, 6.45) is -4.70. The Hall–Kier alpha value is -1.87. The van der Waals surface area contributed by atoms with Crippen LogP contribution in [0.1, 0.15) is 5.82 Å². The second-order valence-corrected chi connectivity index (χ2v) is 4.44. The molecule has 0 spiro atoms. The lowest BCUT2D eigenvalue weighted by molar-refractivity contribution is -0.145. The lowest BCUT2D eigenvalue weighted by Crippen LogP contribution is -2.16. The molecule has 0 unspecified atom stereocenters. The van der Waals surface area contributed by atoms with Crippen LogP contribution in [-0.2, 0) is 6.18 Å². The molecule has 0 saturated carbocycles. The highest BCUT2D eigenvalue weighted by atomic mass is 79.9. The van der Waals surface area contributed by atoms with Crippen LogP contribution in [0.5, 0.6) is 11.6 Å². The molecule has 1 heterocycles. The predicted molar refractivity (Wildman–Crippen MR) is 69.1 cm³/mol. The summed E-state index contributed by atoms with van der Waals surface area (Å²) in [6.45, 7) is 0. The molecule has 1 aromatic heterocycles. The van der Waals surface area contributed by atoms with Crippen molar-refractivity contribution in [2.24, 2.45) is 5.84 Å². The van der Waals surface area contributed by atoms with E-state index in [0.29, 0.717) is 10.2 Å². The first-order chi connectivity index (χ1) is 9.40. The third kappa shape index (κ3) is 3.36. The second-order valence-electron chi connectivity index (χ2n) is 3.59. The minimum Gasteiger partial charge on any atom is -0.438 e. The summed E-state index contributed by atoms with van der Waals surface area (Å²) < 4.78 is 43.8. The van der Waals surface area contributed by atoms with E-state index in [9.17, 15) is 13.2 Å². The number of aromatic nitrogens is 2. The summed E-state index contributed by atoms with van der Waals surface area (Å²) in [5, 5.41) is 0. The minimum absolute atomic E-state index is 0.200. The fourth-order valence-corrected chi connectivity index (χ4v) is 1.68. The van der Waals surface area contributed by atoms with Gasteiger partial charge in [-0.15, -0.1) is 0 Å². The largest absolute Gasteiger partial charge is 0.451 e. The fourth-order valence-electron chi connectivity index (χ4n) is 1.32. The van der Waals surface area contributed by atoms with Gasteiger partial charge in [0.15, 0.2) is 0 Å². The zero-order valence-corrected chi connectivity index (χ0v) is 11.4. The number of para-hydroxylation sites is 1. The van der Waals surface area contributed by atoms with Crippen LogP contribution < -0.4 is 16.0 Å². The van der Waals surface area contributed by atoms with Gasteiger partial charge in [-0.3, -0.25) is 0 Å². The van der Waals surface area contributed by atoms with Crippen molar-refractivity contribution in [3.8, 4) is 11.6 Å². The lowest BCUT2D eigenvalue weighted by Gasteiger charge is -2.11. The van der Waals surface area contributed by atoms with Crippen molar-refractivity contribution in [1.29, 1.82) is 0 Å². The normalized spacial score (nSPS) is 11.2. The van der Waals surface area contributed by atoms with Gasteiger partial charge in [0.05, 0.1) is 4.47 Å². The van der Waals surface area contributed by atoms with E-state index in [0.717, 1.165) is 6.07 Å². The van der Waals surface area contributed by atoms with Crippen LogP contribution in [0.4, 0.5) is 19.0 Å². The lowest BCUT2D eigenvalue weighted by atomic mass is 10.3. The van der Waals surface area contributed by atoms with Gasteiger partial charge in [0, 0.05) is 6.07 Å². The van der Waals surface area contributed by atoms with Gasteiger partial charge in [0.25, 0.3) is 0 Å². The van der Waals surface area contributed by atoms with Gasteiger partial charge in [0.1, 0.15) is 11.6 Å². The Morgan fingerprint density at radius 1 is 1.20 bits per heavy atom. The number of nitrogens with one attached hydrogen (secondary N) is 1.